The fourth-order valence-electron chi connectivity index (χ4n) is 3.46. The summed E-state index contributed by atoms with van der Waals surface area (Å²) in [6.07, 6.45) is 0. The first-order chi connectivity index (χ1) is 15.3. The lowest BCUT2D eigenvalue weighted by molar-refractivity contribution is 0.0696. The maximum Gasteiger partial charge on any atom is 0.335 e. The highest BCUT2D eigenvalue weighted by Gasteiger charge is 2.21. The molecule has 1 aromatic heterocycles. The first-order valence-electron chi connectivity index (χ1n) is 9.45. The summed E-state index contributed by atoms with van der Waals surface area (Å²) in [6, 6.07) is 16.1. The van der Waals surface area contributed by atoms with E-state index in [0.29, 0.717) is 37.2 Å². The van der Waals surface area contributed by atoms with Gasteiger partial charge in [0.1, 0.15) is 5.82 Å². The molecule has 4 rings (SSSR count). The third-order valence-corrected chi connectivity index (χ3v) is 6.21. The molecule has 0 bridgehead atoms. The van der Waals surface area contributed by atoms with Crippen molar-refractivity contribution in [2.75, 3.05) is 5.32 Å². The Bertz CT molecular complexity index is 1390. The molecule has 0 fully saturated rings. The van der Waals surface area contributed by atoms with Crippen LogP contribution >= 0.6 is 27.5 Å². The summed E-state index contributed by atoms with van der Waals surface area (Å²) in [7, 11) is 0. The molecule has 5 nitrogen and oxygen atoms in total. The van der Waals surface area contributed by atoms with Crippen molar-refractivity contribution >= 4 is 56.0 Å². The molecule has 4 aromatic rings. The van der Waals surface area contributed by atoms with Crippen LogP contribution in [0.1, 0.15) is 26.3 Å². The Labute approximate surface area is 196 Å². The number of benzene rings is 3. The van der Waals surface area contributed by atoms with Gasteiger partial charge in [0, 0.05) is 15.4 Å². The van der Waals surface area contributed by atoms with Crippen molar-refractivity contribution in [1.82, 2.24) is 4.98 Å². The van der Waals surface area contributed by atoms with E-state index in [0.717, 1.165) is 11.6 Å². The molecule has 32 heavy (non-hydrogen) atoms. The molecule has 0 aliphatic carbocycles. The number of carbonyl (C=O) groups excluding carboxylic acids is 1. The van der Waals surface area contributed by atoms with Gasteiger partial charge >= 0.3 is 5.97 Å². The molecule has 160 valence electrons. The number of hydrogen-bond donors (Lipinski definition) is 2. The minimum Gasteiger partial charge on any atom is -0.478 e. The fourth-order valence-corrected chi connectivity index (χ4v) is 3.96. The topological polar surface area (TPSA) is 79.3 Å². The summed E-state index contributed by atoms with van der Waals surface area (Å²) in [5, 5.41) is 12.6. The van der Waals surface area contributed by atoms with Gasteiger partial charge in [-0.15, -0.1) is 0 Å². The van der Waals surface area contributed by atoms with Crippen LogP contribution in [0.3, 0.4) is 0 Å². The van der Waals surface area contributed by atoms with Crippen molar-refractivity contribution in [1.29, 1.82) is 0 Å². The molecular weight excluding hydrogens is 499 g/mol. The monoisotopic (exact) mass is 512 g/mol. The third kappa shape index (κ3) is 4.09. The number of carboxylic acids is 1. The largest absolute Gasteiger partial charge is 0.478 e. The minimum atomic E-state index is -1.26. The number of pyridine rings is 1. The van der Waals surface area contributed by atoms with Gasteiger partial charge in [-0.2, -0.15) is 0 Å². The molecule has 8 heteroatoms. The normalized spacial score (nSPS) is 10.9. The molecule has 2 N–H and O–H groups in total. The van der Waals surface area contributed by atoms with Crippen LogP contribution in [-0.4, -0.2) is 22.0 Å². The van der Waals surface area contributed by atoms with E-state index in [4.69, 9.17) is 21.7 Å². The predicted molar refractivity (Wildman–Crippen MR) is 126 cm³/mol. The average Bonchev–Trinajstić information content (AvgIpc) is 2.76. The summed E-state index contributed by atoms with van der Waals surface area (Å²) in [5.74, 6) is -2.66. The lowest BCUT2D eigenvalue weighted by Crippen LogP contribution is -2.16. The van der Waals surface area contributed by atoms with Gasteiger partial charge in [-0.25, -0.2) is 14.2 Å². The molecule has 0 saturated carbocycles. The van der Waals surface area contributed by atoms with Crippen molar-refractivity contribution in [3.8, 4) is 11.3 Å². The lowest BCUT2D eigenvalue weighted by atomic mass is 9.97. The fraction of sp³-hybridized carbons (Fsp3) is 0.0417. The summed E-state index contributed by atoms with van der Waals surface area (Å²) in [5.41, 5.74) is 2.51. The standard InChI is InChI=1S/C24H15BrClFN2O3/c1-12-21(23(30)29-19-8-7-14(24(31)32)9-18(19)27)15-10-16(25)17(26)11-20(15)28-22(12)13-5-3-2-4-6-13/h2-11H,1H3,(H,29,30)(H,31,32). The molecule has 0 spiro atoms. The van der Waals surface area contributed by atoms with Crippen LogP contribution in [-0.2, 0) is 0 Å². The molecule has 0 saturated heterocycles. The van der Waals surface area contributed by atoms with Gasteiger partial charge < -0.3 is 10.4 Å². The quantitative estimate of drug-likeness (QED) is 0.318. The van der Waals surface area contributed by atoms with Crippen molar-refractivity contribution in [3.63, 3.8) is 0 Å². The molecule has 1 amide bonds. The van der Waals surface area contributed by atoms with Crippen LogP contribution in [0.4, 0.5) is 10.1 Å². The van der Waals surface area contributed by atoms with E-state index in [1.165, 1.54) is 12.1 Å². The summed E-state index contributed by atoms with van der Waals surface area (Å²) in [4.78, 5) is 29.1. The number of amides is 1. The van der Waals surface area contributed by atoms with E-state index in [2.05, 4.69) is 21.2 Å². The smallest absolute Gasteiger partial charge is 0.335 e. The number of nitrogens with one attached hydrogen (secondary N) is 1. The number of aromatic carboxylic acids is 1. The van der Waals surface area contributed by atoms with Crippen molar-refractivity contribution in [2.24, 2.45) is 0 Å². The summed E-state index contributed by atoms with van der Waals surface area (Å²) < 4.78 is 15.0. The maximum absolute atomic E-state index is 14.4. The second-order valence-electron chi connectivity index (χ2n) is 7.06. The molecule has 0 atom stereocenters. The second kappa shape index (κ2) is 8.68. The second-order valence-corrected chi connectivity index (χ2v) is 8.33. The van der Waals surface area contributed by atoms with Crippen molar-refractivity contribution in [2.45, 2.75) is 6.92 Å². The maximum atomic E-state index is 14.4. The van der Waals surface area contributed by atoms with Crippen LogP contribution in [0.15, 0.2) is 65.1 Å². The van der Waals surface area contributed by atoms with Gasteiger partial charge in [-0.1, -0.05) is 41.9 Å². The molecule has 1 heterocycles. The average molecular weight is 514 g/mol. The van der Waals surface area contributed by atoms with E-state index < -0.39 is 17.7 Å². The van der Waals surface area contributed by atoms with Crippen LogP contribution in [0.5, 0.6) is 0 Å². The van der Waals surface area contributed by atoms with E-state index >= 15 is 0 Å². The van der Waals surface area contributed by atoms with Crippen molar-refractivity contribution < 1.29 is 19.1 Å². The molecular formula is C24H15BrClFN2O3. The Morgan fingerprint density at radius 3 is 2.47 bits per heavy atom. The van der Waals surface area contributed by atoms with Gasteiger partial charge in [-0.05, 0) is 58.7 Å². The lowest BCUT2D eigenvalue weighted by Gasteiger charge is -2.16. The third-order valence-electron chi connectivity index (χ3n) is 5.01. The number of halogens is 3. The Balaban J connectivity index is 1.88. The molecule has 0 aliphatic heterocycles. The van der Waals surface area contributed by atoms with Crippen LogP contribution in [0.2, 0.25) is 5.02 Å². The molecule has 0 aliphatic rings. The van der Waals surface area contributed by atoms with Gasteiger partial charge in [-0.3, -0.25) is 4.79 Å². The summed E-state index contributed by atoms with van der Waals surface area (Å²) in [6.45, 7) is 1.77. The highest BCUT2D eigenvalue weighted by Crippen LogP contribution is 2.35. The van der Waals surface area contributed by atoms with Crippen LogP contribution in [0.25, 0.3) is 22.2 Å². The predicted octanol–water partition coefficient (Wildman–Crippen LogP) is 6.72. The minimum absolute atomic E-state index is 0.126. The molecule has 0 radical (unpaired) electrons. The zero-order chi connectivity index (χ0) is 23.0. The highest BCUT2D eigenvalue weighted by molar-refractivity contribution is 9.10. The zero-order valence-electron chi connectivity index (χ0n) is 16.6. The van der Waals surface area contributed by atoms with E-state index in [-0.39, 0.29) is 11.3 Å². The molecule has 3 aromatic carbocycles. The number of hydrogen-bond acceptors (Lipinski definition) is 3. The Morgan fingerprint density at radius 1 is 1.09 bits per heavy atom. The van der Waals surface area contributed by atoms with E-state index in [1.54, 1.807) is 19.1 Å². The van der Waals surface area contributed by atoms with Gasteiger partial charge in [0.15, 0.2) is 0 Å². The number of rotatable bonds is 4. The highest BCUT2D eigenvalue weighted by atomic mass is 79.9. The number of anilines is 1. The van der Waals surface area contributed by atoms with Gasteiger partial charge in [0.2, 0.25) is 0 Å². The number of fused-ring (bicyclic) bond motifs is 1. The van der Waals surface area contributed by atoms with E-state index in [1.807, 2.05) is 30.3 Å². The Morgan fingerprint density at radius 2 is 1.81 bits per heavy atom. The van der Waals surface area contributed by atoms with Crippen molar-refractivity contribution in [3.05, 3.63) is 92.7 Å². The summed E-state index contributed by atoms with van der Waals surface area (Å²) >= 11 is 9.64. The van der Waals surface area contributed by atoms with Gasteiger partial charge in [0.05, 0.1) is 33.0 Å². The Hall–Kier alpha value is -3.29. The van der Waals surface area contributed by atoms with Crippen LogP contribution in [0, 0.1) is 12.7 Å². The van der Waals surface area contributed by atoms with Gasteiger partial charge in [0.25, 0.3) is 5.91 Å². The van der Waals surface area contributed by atoms with E-state index in [9.17, 15) is 14.0 Å². The van der Waals surface area contributed by atoms with Crippen LogP contribution < -0.4 is 5.32 Å². The number of nitrogens with zero attached hydrogens (tertiary/aromatic N) is 1. The zero-order valence-corrected chi connectivity index (χ0v) is 19.0. The molecule has 0 unspecified atom stereocenters. The Kier molecular flexibility index (Phi) is 5.95. The first-order valence-corrected chi connectivity index (χ1v) is 10.6. The SMILES string of the molecule is Cc1c(-c2ccccc2)nc2cc(Cl)c(Br)cc2c1C(=O)Nc1ccc(C(=O)O)cc1F. The number of carboxylic acid groups (broad SMARTS) is 1. The number of carbonyl (C=O) groups is 2. The number of aromatic nitrogens is 1. The first kappa shape index (κ1) is 21.9.